The van der Waals surface area contributed by atoms with Crippen LogP contribution in [0.3, 0.4) is 0 Å². The molecule has 0 spiro atoms. The Morgan fingerprint density at radius 1 is 1.12 bits per heavy atom. The van der Waals surface area contributed by atoms with Gasteiger partial charge in [0.05, 0.1) is 26.4 Å². The van der Waals surface area contributed by atoms with Crippen molar-refractivity contribution < 1.29 is 14.3 Å². The second-order valence-corrected chi connectivity index (χ2v) is 7.12. The highest BCUT2D eigenvalue weighted by Gasteiger charge is 2.23. The molecule has 0 aromatic heterocycles. The summed E-state index contributed by atoms with van der Waals surface area (Å²) in [4.78, 5) is 18.0. The maximum atomic E-state index is 11.6. The molecule has 26 heavy (non-hydrogen) atoms. The first kappa shape index (κ1) is 20.8. The van der Waals surface area contributed by atoms with Gasteiger partial charge in [-0.2, -0.15) is 0 Å². The smallest absolute Gasteiger partial charge is 0.409 e. The van der Waals surface area contributed by atoms with Gasteiger partial charge >= 0.3 is 6.09 Å². The molecule has 0 aromatic rings. The van der Waals surface area contributed by atoms with Crippen molar-refractivity contribution in [3.8, 4) is 0 Å². The van der Waals surface area contributed by atoms with E-state index in [-0.39, 0.29) is 6.09 Å². The number of guanidine groups is 1. The van der Waals surface area contributed by atoms with Gasteiger partial charge in [0, 0.05) is 25.7 Å². The molecule has 0 bridgehead atoms. The fourth-order valence-electron chi connectivity index (χ4n) is 3.63. The summed E-state index contributed by atoms with van der Waals surface area (Å²) >= 11 is 0. The van der Waals surface area contributed by atoms with Gasteiger partial charge in [0.15, 0.2) is 5.96 Å². The van der Waals surface area contributed by atoms with E-state index in [1.807, 2.05) is 0 Å². The van der Waals surface area contributed by atoms with Gasteiger partial charge in [0.1, 0.15) is 0 Å². The van der Waals surface area contributed by atoms with Gasteiger partial charge in [-0.25, -0.2) is 4.79 Å². The zero-order chi connectivity index (χ0) is 18.6. The van der Waals surface area contributed by atoms with Crippen molar-refractivity contribution in [3.63, 3.8) is 0 Å². The van der Waals surface area contributed by atoms with Gasteiger partial charge in [-0.15, -0.1) is 0 Å². The van der Waals surface area contributed by atoms with E-state index in [1.54, 1.807) is 4.90 Å². The van der Waals surface area contributed by atoms with Crippen LogP contribution in [0.4, 0.5) is 4.79 Å². The number of piperidine rings is 1. The van der Waals surface area contributed by atoms with E-state index >= 15 is 0 Å². The molecule has 0 radical (unpaired) electrons. The Kier molecular flexibility index (Phi) is 9.60. The van der Waals surface area contributed by atoms with Crippen LogP contribution in [0, 0.1) is 0 Å². The average molecular weight is 369 g/mol. The molecule has 2 aliphatic rings. The first-order valence-corrected chi connectivity index (χ1v) is 10.2. The highest BCUT2D eigenvalue weighted by molar-refractivity contribution is 5.80. The first-order valence-electron chi connectivity index (χ1n) is 10.2. The van der Waals surface area contributed by atoms with Gasteiger partial charge in [-0.05, 0) is 32.6 Å². The van der Waals surface area contributed by atoms with E-state index in [0.717, 1.165) is 25.3 Å². The Balaban J connectivity index is 1.70. The molecule has 2 rings (SSSR count). The van der Waals surface area contributed by atoms with Crippen LogP contribution in [0.25, 0.3) is 0 Å². The van der Waals surface area contributed by atoms with Gasteiger partial charge < -0.3 is 25.0 Å². The SMILES string of the molecule is CCNC(=NCCOC1CCCCCC1)NC1CCN(C(=O)OC)CC1. The lowest BCUT2D eigenvalue weighted by molar-refractivity contribution is 0.0487. The number of nitrogens with one attached hydrogen (secondary N) is 2. The number of hydrogen-bond donors (Lipinski definition) is 2. The lowest BCUT2D eigenvalue weighted by Gasteiger charge is -2.32. The molecule has 0 unspecified atom stereocenters. The molecule has 1 amide bonds. The monoisotopic (exact) mass is 368 g/mol. The highest BCUT2D eigenvalue weighted by atomic mass is 16.5. The van der Waals surface area contributed by atoms with Crippen molar-refractivity contribution in [2.75, 3.05) is 39.9 Å². The largest absolute Gasteiger partial charge is 0.453 e. The molecule has 2 N–H and O–H groups in total. The molecular weight excluding hydrogens is 332 g/mol. The molecular formula is C19H36N4O3. The Labute approximate surface area is 157 Å². The summed E-state index contributed by atoms with van der Waals surface area (Å²) in [6.45, 7) is 5.69. The highest BCUT2D eigenvalue weighted by Crippen LogP contribution is 2.19. The Morgan fingerprint density at radius 3 is 2.42 bits per heavy atom. The normalized spacial score (nSPS) is 20.5. The molecule has 1 aliphatic carbocycles. The van der Waals surface area contributed by atoms with Crippen LogP contribution in [-0.4, -0.2) is 69.0 Å². The van der Waals surface area contributed by atoms with Crippen LogP contribution in [0.2, 0.25) is 0 Å². The molecule has 1 saturated heterocycles. The lowest BCUT2D eigenvalue weighted by atomic mass is 10.1. The van der Waals surface area contributed by atoms with E-state index in [4.69, 9.17) is 9.47 Å². The molecule has 0 aromatic carbocycles. The maximum absolute atomic E-state index is 11.6. The molecule has 1 aliphatic heterocycles. The average Bonchev–Trinajstić information content (AvgIpc) is 2.94. The first-order chi connectivity index (χ1) is 12.7. The third-order valence-electron chi connectivity index (χ3n) is 5.13. The van der Waals surface area contributed by atoms with Crippen LogP contribution in [0.15, 0.2) is 4.99 Å². The zero-order valence-electron chi connectivity index (χ0n) is 16.5. The van der Waals surface area contributed by atoms with Gasteiger partial charge in [-0.3, -0.25) is 4.99 Å². The summed E-state index contributed by atoms with van der Waals surface area (Å²) in [5, 5.41) is 6.79. The summed E-state index contributed by atoms with van der Waals surface area (Å²) in [5.74, 6) is 0.841. The van der Waals surface area contributed by atoms with Gasteiger partial charge in [0.25, 0.3) is 0 Å². The predicted octanol–water partition coefficient (Wildman–Crippen LogP) is 2.51. The van der Waals surface area contributed by atoms with Crippen LogP contribution < -0.4 is 10.6 Å². The fourth-order valence-corrected chi connectivity index (χ4v) is 3.63. The van der Waals surface area contributed by atoms with Crippen LogP contribution in [-0.2, 0) is 9.47 Å². The van der Waals surface area contributed by atoms with E-state index in [0.29, 0.717) is 38.4 Å². The Morgan fingerprint density at radius 2 is 1.81 bits per heavy atom. The second kappa shape index (κ2) is 12.0. The lowest BCUT2D eigenvalue weighted by Crippen LogP contribution is -2.49. The van der Waals surface area contributed by atoms with Crippen molar-refractivity contribution in [1.29, 1.82) is 0 Å². The maximum Gasteiger partial charge on any atom is 0.409 e. The van der Waals surface area contributed by atoms with Crippen molar-refractivity contribution in [2.24, 2.45) is 4.99 Å². The third kappa shape index (κ3) is 7.40. The Bertz CT molecular complexity index is 429. The van der Waals surface area contributed by atoms with Crippen LogP contribution >= 0.6 is 0 Å². The minimum absolute atomic E-state index is 0.236. The van der Waals surface area contributed by atoms with Gasteiger partial charge in [0.2, 0.25) is 0 Å². The van der Waals surface area contributed by atoms with Crippen molar-refractivity contribution >= 4 is 12.1 Å². The summed E-state index contributed by atoms with van der Waals surface area (Å²) in [5.41, 5.74) is 0. The zero-order valence-corrected chi connectivity index (χ0v) is 16.5. The Hall–Kier alpha value is -1.50. The van der Waals surface area contributed by atoms with E-state index in [9.17, 15) is 4.79 Å². The van der Waals surface area contributed by atoms with E-state index < -0.39 is 0 Å². The summed E-state index contributed by atoms with van der Waals surface area (Å²) < 4.78 is 10.8. The van der Waals surface area contributed by atoms with Crippen LogP contribution in [0.5, 0.6) is 0 Å². The minimum Gasteiger partial charge on any atom is -0.453 e. The van der Waals surface area contributed by atoms with Crippen molar-refractivity contribution in [3.05, 3.63) is 0 Å². The summed E-state index contributed by atoms with van der Waals surface area (Å²) in [6.07, 6.45) is 9.66. The quantitative estimate of drug-likeness (QED) is 0.326. The molecule has 150 valence electrons. The molecule has 7 nitrogen and oxygen atoms in total. The number of amides is 1. The molecule has 1 saturated carbocycles. The molecule has 0 atom stereocenters. The minimum atomic E-state index is -0.236. The van der Waals surface area contributed by atoms with Gasteiger partial charge in [-0.1, -0.05) is 25.7 Å². The van der Waals surface area contributed by atoms with E-state index in [2.05, 4.69) is 22.5 Å². The number of rotatable bonds is 6. The number of ether oxygens (including phenoxy) is 2. The fraction of sp³-hybridized carbons (Fsp3) is 0.895. The second-order valence-electron chi connectivity index (χ2n) is 7.12. The predicted molar refractivity (Wildman–Crippen MR) is 104 cm³/mol. The number of likely N-dealkylation sites (tertiary alicyclic amines) is 1. The van der Waals surface area contributed by atoms with Crippen molar-refractivity contribution in [2.45, 2.75) is 70.4 Å². The number of nitrogens with zero attached hydrogens (tertiary/aromatic N) is 2. The van der Waals surface area contributed by atoms with Crippen LogP contribution in [0.1, 0.15) is 58.3 Å². The number of carbonyl (C=O) groups excluding carboxylic acids is 1. The number of aliphatic imine (C=N–C) groups is 1. The molecule has 1 heterocycles. The summed E-state index contributed by atoms with van der Waals surface area (Å²) in [6, 6.07) is 0.330. The van der Waals surface area contributed by atoms with E-state index in [1.165, 1.54) is 45.6 Å². The number of carbonyl (C=O) groups is 1. The molecule has 7 heteroatoms. The number of hydrogen-bond acceptors (Lipinski definition) is 4. The molecule has 2 fully saturated rings. The van der Waals surface area contributed by atoms with Crippen molar-refractivity contribution in [1.82, 2.24) is 15.5 Å². The topological polar surface area (TPSA) is 75.2 Å². The third-order valence-corrected chi connectivity index (χ3v) is 5.13. The number of methoxy groups -OCH3 is 1. The summed E-state index contributed by atoms with van der Waals surface area (Å²) in [7, 11) is 1.43. The standard InChI is InChI=1S/C19H36N4O3/c1-3-20-18(21-12-15-26-17-8-6-4-5-7-9-17)22-16-10-13-23(14-11-16)19(24)25-2/h16-17H,3-15H2,1-2H3,(H2,20,21,22).